The molecule has 2 amide bonds. The zero-order valence-corrected chi connectivity index (χ0v) is 31.2. The van der Waals surface area contributed by atoms with E-state index in [1.54, 1.807) is 27.2 Å². The van der Waals surface area contributed by atoms with Crippen molar-refractivity contribution in [1.29, 1.82) is 0 Å². The molecule has 2 aliphatic rings. The van der Waals surface area contributed by atoms with Crippen LogP contribution < -0.4 is 20.1 Å². The monoisotopic (exact) mass is 733 g/mol. The highest BCUT2D eigenvalue weighted by Crippen LogP contribution is 2.33. The second-order valence-electron chi connectivity index (χ2n) is 12.1. The van der Waals surface area contributed by atoms with Gasteiger partial charge in [0, 0.05) is 79.5 Å². The SMILES string of the molecule is CCOC(=O)/C=C/c1cc(-c2ccc(OC)cc2CNC(=O)CN2CCSCC2)nc(-c2ccc(OC)cc2CNC(=O)CN2CCSCC2)c1. The van der Waals surface area contributed by atoms with Gasteiger partial charge < -0.3 is 24.8 Å². The van der Waals surface area contributed by atoms with E-state index >= 15 is 0 Å². The molecule has 0 radical (unpaired) electrons. The van der Waals surface area contributed by atoms with Crippen molar-refractivity contribution in [2.24, 2.45) is 0 Å². The lowest BCUT2D eigenvalue weighted by atomic mass is 9.98. The number of esters is 1. The number of hydrogen-bond acceptors (Lipinski definition) is 11. The van der Waals surface area contributed by atoms with E-state index < -0.39 is 5.97 Å². The number of ether oxygens (including phenoxy) is 3. The minimum Gasteiger partial charge on any atom is -0.497 e. The molecule has 3 heterocycles. The van der Waals surface area contributed by atoms with Crippen molar-refractivity contribution in [1.82, 2.24) is 25.4 Å². The molecule has 2 fully saturated rings. The Morgan fingerprint density at radius 3 is 1.65 bits per heavy atom. The van der Waals surface area contributed by atoms with Gasteiger partial charge in [0.2, 0.25) is 11.8 Å². The fourth-order valence-electron chi connectivity index (χ4n) is 5.89. The average molecular weight is 734 g/mol. The van der Waals surface area contributed by atoms with Gasteiger partial charge in [0.05, 0.1) is 45.3 Å². The minimum atomic E-state index is -0.447. The molecule has 51 heavy (non-hydrogen) atoms. The van der Waals surface area contributed by atoms with E-state index in [4.69, 9.17) is 19.2 Å². The van der Waals surface area contributed by atoms with Crippen LogP contribution in [-0.2, 0) is 32.2 Å². The summed E-state index contributed by atoms with van der Waals surface area (Å²) in [5.41, 5.74) is 5.29. The van der Waals surface area contributed by atoms with Crippen LogP contribution in [-0.4, -0.2) is 116 Å². The van der Waals surface area contributed by atoms with Crippen molar-refractivity contribution in [2.45, 2.75) is 20.0 Å². The molecule has 3 aromatic rings. The van der Waals surface area contributed by atoms with Gasteiger partial charge in [-0.1, -0.05) is 0 Å². The van der Waals surface area contributed by atoms with Crippen LogP contribution >= 0.6 is 23.5 Å². The second-order valence-corrected chi connectivity index (χ2v) is 14.6. The Hall–Kier alpha value is -4.04. The number of methoxy groups -OCH3 is 2. The molecule has 0 spiro atoms. The van der Waals surface area contributed by atoms with Crippen LogP contribution in [0.25, 0.3) is 28.6 Å². The van der Waals surface area contributed by atoms with Crippen LogP contribution in [0.1, 0.15) is 23.6 Å². The first-order valence-electron chi connectivity index (χ1n) is 17.2. The zero-order valence-electron chi connectivity index (χ0n) is 29.6. The first-order valence-corrected chi connectivity index (χ1v) is 19.5. The maximum Gasteiger partial charge on any atom is 0.330 e. The lowest BCUT2D eigenvalue weighted by Gasteiger charge is -2.25. The van der Waals surface area contributed by atoms with Crippen molar-refractivity contribution in [2.75, 3.05) is 83.1 Å². The molecule has 5 rings (SSSR count). The predicted octanol–water partition coefficient (Wildman–Crippen LogP) is 4.34. The van der Waals surface area contributed by atoms with Crippen molar-refractivity contribution in [3.8, 4) is 34.0 Å². The summed E-state index contributed by atoms with van der Waals surface area (Å²) in [5.74, 6) is 4.91. The van der Waals surface area contributed by atoms with Gasteiger partial charge in [-0.25, -0.2) is 9.78 Å². The van der Waals surface area contributed by atoms with Crippen molar-refractivity contribution < 1.29 is 28.6 Å². The summed E-state index contributed by atoms with van der Waals surface area (Å²) in [6.45, 7) is 6.89. The number of aromatic nitrogens is 1. The summed E-state index contributed by atoms with van der Waals surface area (Å²) in [6.07, 6.45) is 3.10. The number of carbonyl (C=O) groups excluding carboxylic acids is 3. The largest absolute Gasteiger partial charge is 0.497 e. The third kappa shape index (κ3) is 11.5. The van der Waals surface area contributed by atoms with Crippen LogP contribution in [0.15, 0.2) is 54.6 Å². The van der Waals surface area contributed by atoms with Crippen LogP contribution in [0.5, 0.6) is 11.5 Å². The van der Waals surface area contributed by atoms with Gasteiger partial charge >= 0.3 is 5.97 Å². The standard InChI is InChI=1S/C38H47N5O6S2/c1-4-49-38(46)10-5-27-19-34(32-8-6-30(47-2)21-28(32)23-39-36(44)25-42-11-15-50-16-12-42)41-35(20-27)33-9-7-31(48-3)22-29(33)24-40-37(45)26-43-13-17-51-18-14-43/h5-10,19-22H,4,11-18,23-26H2,1-3H3,(H,39,44)(H,40,45)/b10-5+. The molecule has 272 valence electrons. The lowest BCUT2D eigenvalue weighted by molar-refractivity contribution is -0.137. The Labute approximate surface area is 308 Å². The Kier molecular flexibility index (Phi) is 14.6. The third-order valence-corrected chi connectivity index (χ3v) is 10.5. The van der Waals surface area contributed by atoms with Gasteiger partial charge in [-0.05, 0) is 78.2 Å². The number of rotatable bonds is 15. The third-order valence-electron chi connectivity index (χ3n) is 8.62. The second kappa shape index (κ2) is 19.5. The van der Waals surface area contributed by atoms with Gasteiger partial charge in [-0.3, -0.25) is 19.4 Å². The number of pyridine rings is 1. The normalized spacial score (nSPS) is 15.4. The van der Waals surface area contributed by atoms with Crippen molar-refractivity contribution in [3.05, 3.63) is 71.3 Å². The summed E-state index contributed by atoms with van der Waals surface area (Å²) >= 11 is 3.82. The molecule has 0 saturated carbocycles. The summed E-state index contributed by atoms with van der Waals surface area (Å²) in [7, 11) is 3.22. The zero-order chi connectivity index (χ0) is 36.0. The van der Waals surface area contributed by atoms with Crippen LogP contribution in [0.3, 0.4) is 0 Å². The van der Waals surface area contributed by atoms with E-state index in [0.29, 0.717) is 36.0 Å². The van der Waals surface area contributed by atoms with E-state index in [1.807, 2.05) is 72.1 Å². The van der Waals surface area contributed by atoms with Crippen LogP contribution in [0.4, 0.5) is 0 Å². The molecular weight excluding hydrogens is 687 g/mol. The van der Waals surface area contributed by atoms with E-state index in [-0.39, 0.29) is 31.5 Å². The Morgan fingerprint density at radius 2 is 1.22 bits per heavy atom. The molecule has 0 atom stereocenters. The van der Waals surface area contributed by atoms with Gasteiger partial charge in [-0.15, -0.1) is 0 Å². The number of thioether (sulfide) groups is 2. The van der Waals surface area contributed by atoms with Gasteiger partial charge in [0.1, 0.15) is 11.5 Å². The molecule has 2 N–H and O–H groups in total. The molecular formula is C38H47N5O6S2. The number of amides is 2. The molecule has 2 saturated heterocycles. The van der Waals surface area contributed by atoms with E-state index in [1.165, 1.54) is 6.08 Å². The van der Waals surface area contributed by atoms with E-state index in [0.717, 1.165) is 77.0 Å². The molecule has 0 aliphatic carbocycles. The van der Waals surface area contributed by atoms with Gasteiger partial charge in [0.25, 0.3) is 0 Å². The quantitative estimate of drug-likeness (QED) is 0.172. The first kappa shape index (κ1) is 38.2. The summed E-state index contributed by atoms with van der Waals surface area (Å²) in [6, 6.07) is 15.2. The highest BCUT2D eigenvalue weighted by Gasteiger charge is 2.19. The minimum absolute atomic E-state index is 0.0421. The molecule has 11 nitrogen and oxygen atoms in total. The number of benzene rings is 2. The number of carbonyl (C=O) groups is 3. The molecule has 13 heteroatoms. The molecule has 2 aromatic carbocycles. The molecule has 0 bridgehead atoms. The maximum absolute atomic E-state index is 13.0. The highest BCUT2D eigenvalue weighted by atomic mass is 32.2. The summed E-state index contributed by atoms with van der Waals surface area (Å²) in [5, 5.41) is 6.19. The first-order chi connectivity index (χ1) is 24.8. The Bertz CT molecular complexity index is 1590. The van der Waals surface area contributed by atoms with Gasteiger partial charge in [-0.2, -0.15) is 23.5 Å². The Morgan fingerprint density at radius 1 is 0.745 bits per heavy atom. The van der Waals surface area contributed by atoms with Crippen molar-refractivity contribution in [3.63, 3.8) is 0 Å². The molecule has 2 aliphatic heterocycles. The fraction of sp³-hybridized carbons (Fsp3) is 0.421. The average Bonchev–Trinajstić information content (AvgIpc) is 3.16. The highest BCUT2D eigenvalue weighted by molar-refractivity contribution is 7.99. The maximum atomic E-state index is 13.0. The summed E-state index contributed by atoms with van der Waals surface area (Å²) < 4.78 is 16.2. The number of hydrogen-bond donors (Lipinski definition) is 2. The smallest absolute Gasteiger partial charge is 0.330 e. The van der Waals surface area contributed by atoms with Crippen molar-refractivity contribution >= 4 is 47.4 Å². The lowest BCUT2D eigenvalue weighted by Crippen LogP contribution is -2.41. The number of nitrogens with zero attached hydrogens (tertiary/aromatic N) is 3. The molecule has 0 unspecified atom stereocenters. The summed E-state index contributed by atoms with van der Waals surface area (Å²) in [4.78, 5) is 47.8. The van der Waals surface area contributed by atoms with Gasteiger partial charge in [0.15, 0.2) is 0 Å². The topological polar surface area (TPSA) is 122 Å². The van der Waals surface area contributed by atoms with Crippen LogP contribution in [0.2, 0.25) is 0 Å². The van der Waals surface area contributed by atoms with E-state index in [2.05, 4.69) is 20.4 Å². The fourth-order valence-corrected chi connectivity index (χ4v) is 7.85. The number of nitrogens with one attached hydrogen (secondary N) is 2. The Balaban J connectivity index is 1.48. The molecule has 1 aromatic heterocycles. The van der Waals surface area contributed by atoms with Crippen LogP contribution in [0, 0.1) is 0 Å². The predicted molar refractivity (Wildman–Crippen MR) is 205 cm³/mol. The van der Waals surface area contributed by atoms with E-state index in [9.17, 15) is 14.4 Å².